The van der Waals surface area contributed by atoms with Crippen LogP contribution in [0.1, 0.15) is 45.4 Å². The third-order valence-electron chi connectivity index (χ3n) is 4.75. The van der Waals surface area contributed by atoms with Gasteiger partial charge in [-0.3, -0.25) is 0 Å². The highest BCUT2D eigenvalue weighted by Crippen LogP contribution is 2.62. The van der Waals surface area contributed by atoms with Crippen LogP contribution >= 0.6 is 11.6 Å². The summed E-state index contributed by atoms with van der Waals surface area (Å²) >= 11 is 5.81. The van der Waals surface area contributed by atoms with E-state index in [0.717, 1.165) is 18.7 Å². The quantitative estimate of drug-likeness (QED) is 0.863. The summed E-state index contributed by atoms with van der Waals surface area (Å²) in [5.41, 5.74) is 0.0484. The molecule has 2 aliphatic rings. The molecule has 1 saturated heterocycles. The lowest BCUT2D eigenvalue weighted by atomic mass is 9.49. The molecule has 3 rings (SSSR count). The van der Waals surface area contributed by atoms with Gasteiger partial charge in [0.05, 0.1) is 5.02 Å². The van der Waals surface area contributed by atoms with Crippen molar-refractivity contribution in [1.82, 2.24) is 14.9 Å². The van der Waals surface area contributed by atoms with Crippen LogP contribution in [-0.2, 0) is 0 Å². The Morgan fingerprint density at radius 2 is 1.95 bits per heavy atom. The highest BCUT2D eigenvalue weighted by Gasteiger charge is 2.64. The van der Waals surface area contributed by atoms with Crippen molar-refractivity contribution in [2.75, 3.05) is 6.54 Å². The standard InChI is InChI=1S/C15H20ClN3O2/c1-14(2,3)12-15(8-19(12)13(20)21)4-9(5-15)11-17-6-10(16)7-18-11/h6-7,9,12H,4-5,8H2,1-3H3,(H,20,21). The molecule has 21 heavy (non-hydrogen) atoms. The van der Waals surface area contributed by atoms with Gasteiger partial charge in [-0.25, -0.2) is 14.8 Å². The number of halogens is 1. The van der Waals surface area contributed by atoms with Gasteiger partial charge in [0.25, 0.3) is 0 Å². The van der Waals surface area contributed by atoms with E-state index < -0.39 is 6.09 Å². The number of carbonyl (C=O) groups is 1. The van der Waals surface area contributed by atoms with Crippen LogP contribution in [0.4, 0.5) is 4.79 Å². The van der Waals surface area contributed by atoms with Crippen LogP contribution in [0, 0.1) is 10.8 Å². The Balaban J connectivity index is 1.74. The van der Waals surface area contributed by atoms with Crippen LogP contribution in [0.3, 0.4) is 0 Å². The normalized spacial score (nSPS) is 31.7. The summed E-state index contributed by atoms with van der Waals surface area (Å²) in [6, 6.07) is 0.0750. The Morgan fingerprint density at radius 3 is 2.43 bits per heavy atom. The fraction of sp³-hybridized carbons (Fsp3) is 0.667. The highest BCUT2D eigenvalue weighted by atomic mass is 35.5. The molecule has 1 aliphatic heterocycles. The summed E-state index contributed by atoms with van der Waals surface area (Å²) in [5, 5.41) is 9.86. The largest absolute Gasteiger partial charge is 0.465 e. The maximum atomic E-state index is 11.3. The van der Waals surface area contributed by atoms with Crippen molar-refractivity contribution in [3.8, 4) is 0 Å². The predicted molar refractivity (Wildman–Crippen MR) is 79.4 cm³/mol. The third kappa shape index (κ3) is 2.27. The molecule has 1 unspecified atom stereocenters. The molecule has 1 amide bonds. The Hall–Kier alpha value is -1.36. The van der Waals surface area contributed by atoms with E-state index in [1.54, 1.807) is 17.3 Å². The molecule has 1 spiro atoms. The molecule has 1 saturated carbocycles. The average molecular weight is 310 g/mol. The second-order valence-electron chi connectivity index (χ2n) is 7.41. The molecule has 1 aromatic rings. The van der Waals surface area contributed by atoms with E-state index in [1.807, 2.05) is 0 Å². The summed E-state index contributed by atoms with van der Waals surface area (Å²) < 4.78 is 0. The monoisotopic (exact) mass is 309 g/mol. The fourth-order valence-corrected chi connectivity index (χ4v) is 4.39. The molecule has 114 valence electrons. The summed E-state index contributed by atoms with van der Waals surface area (Å²) in [5.74, 6) is 1.15. The maximum absolute atomic E-state index is 11.3. The van der Waals surface area contributed by atoms with E-state index >= 15 is 0 Å². The van der Waals surface area contributed by atoms with Crippen molar-refractivity contribution in [2.45, 2.75) is 45.6 Å². The highest BCUT2D eigenvalue weighted by molar-refractivity contribution is 6.30. The lowest BCUT2D eigenvalue weighted by Gasteiger charge is -2.67. The number of aromatic nitrogens is 2. The zero-order chi connectivity index (χ0) is 15.4. The first-order chi connectivity index (χ1) is 9.73. The van der Waals surface area contributed by atoms with Crippen LogP contribution in [0.2, 0.25) is 5.02 Å². The molecular weight excluding hydrogens is 290 g/mol. The van der Waals surface area contributed by atoms with Crippen LogP contribution in [-0.4, -0.2) is 38.7 Å². The Bertz CT molecular complexity index is 561. The third-order valence-corrected chi connectivity index (χ3v) is 4.95. The van der Waals surface area contributed by atoms with Gasteiger partial charge in [0.1, 0.15) is 5.82 Å². The molecule has 6 heteroatoms. The van der Waals surface area contributed by atoms with Gasteiger partial charge in [0, 0.05) is 36.3 Å². The molecule has 1 aliphatic carbocycles. The molecule has 5 nitrogen and oxygen atoms in total. The Kier molecular flexibility index (Phi) is 3.17. The molecule has 2 heterocycles. The van der Waals surface area contributed by atoms with Crippen molar-refractivity contribution in [2.24, 2.45) is 10.8 Å². The first-order valence-corrected chi connectivity index (χ1v) is 7.58. The Morgan fingerprint density at radius 1 is 1.38 bits per heavy atom. The number of carboxylic acid groups (broad SMARTS) is 1. The molecule has 0 aromatic carbocycles. The van der Waals surface area contributed by atoms with Gasteiger partial charge >= 0.3 is 6.09 Å². The molecule has 1 aromatic heterocycles. The minimum Gasteiger partial charge on any atom is -0.465 e. The van der Waals surface area contributed by atoms with Gasteiger partial charge in [0.15, 0.2) is 0 Å². The van der Waals surface area contributed by atoms with E-state index in [2.05, 4.69) is 30.7 Å². The summed E-state index contributed by atoms with van der Waals surface area (Å²) in [6.45, 7) is 6.97. The van der Waals surface area contributed by atoms with Crippen LogP contribution in [0.25, 0.3) is 0 Å². The van der Waals surface area contributed by atoms with Gasteiger partial charge in [-0.2, -0.15) is 0 Å². The summed E-state index contributed by atoms with van der Waals surface area (Å²) in [4.78, 5) is 21.5. The number of rotatable bonds is 1. The van der Waals surface area contributed by atoms with E-state index in [4.69, 9.17) is 11.6 Å². The molecule has 1 N–H and O–H groups in total. The van der Waals surface area contributed by atoms with Gasteiger partial charge in [0.2, 0.25) is 0 Å². The summed E-state index contributed by atoms with van der Waals surface area (Å²) in [7, 11) is 0. The predicted octanol–water partition coefficient (Wildman–Crippen LogP) is 3.40. The van der Waals surface area contributed by atoms with E-state index in [1.165, 1.54) is 0 Å². The van der Waals surface area contributed by atoms with E-state index in [9.17, 15) is 9.90 Å². The molecule has 0 bridgehead atoms. The lowest BCUT2D eigenvalue weighted by molar-refractivity contribution is -0.159. The van der Waals surface area contributed by atoms with Crippen molar-refractivity contribution in [3.05, 3.63) is 23.2 Å². The van der Waals surface area contributed by atoms with Crippen molar-refractivity contribution >= 4 is 17.7 Å². The number of amides is 1. The fourth-order valence-electron chi connectivity index (χ4n) is 4.29. The second-order valence-corrected chi connectivity index (χ2v) is 7.84. The lowest BCUT2D eigenvalue weighted by Crippen LogP contribution is -2.73. The minimum atomic E-state index is -0.813. The number of nitrogens with zero attached hydrogens (tertiary/aromatic N) is 3. The average Bonchev–Trinajstić information content (AvgIpc) is 2.25. The molecular formula is C15H20ClN3O2. The molecule has 1 atom stereocenters. The zero-order valence-electron chi connectivity index (χ0n) is 12.5. The van der Waals surface area contributed by atoms with Crippen molar-refractivity contribution < 1.29 is 9.90 Å². The number of hydrogen-bond donors (Lipinski definition) is 1. The van der Waals surface area contributed by atoms with E-state index in [0.29, 0.717) is 17.5 Å². The first kappa shape index (κ1) is 14.6. The Labute approximate surface area is 129 Å². The van der Waals surface area contributed by atoms with E-state index in [-0.39, 0.29) is 16.9 Å². The molecule has 2 fully saturated rings. The topological polar surface area (TPSA) is 66.3 Å². The van der Waals surface area contributed by atoms with Gasteiger partial charge < -0.3 is 10.0 Å². The van der Waals surface area contributed by atoms with Crippen LogP contribution < -0.4 is 0 Å². The summed E-state index contributed by atoms with van der Waals surface area (Å²) in [6.07, 6.45) is 4.36. The van der Waals surface area contributed by atoms with Crippen LogP contribution in [0.15, 0.2) is 12.4 Å². The van der Waals surface area contributed by atoms with Gasteiger partial charge in [-0.05, 0) is 18.3 Å². The minimum absolute atomic E-state index is 0.0531. The SMILES string of the molecule is CC(C)(C)C1N(C(=O)O)CC12CC(c1ncc(Cl)cn1)C2. The van der Waals surface area contributed by atoms with Gasteiger partial charge in [-0.15, -0.1) is 0 Å². The zero-order valence-corrected chi connectivity index (χ0v) is 13.3. The molecule has 0 radical (unpaired) electrons. The smallest absolute Gasteiger partial charge is 0.407 e. The maximum Gasteiger partial charge on any atom is 0.407 e. The first-order valence-electron chi connectivity index (χ1n) is 7.20. The number of hydrogen-bond acceptors (Lipinski definition) is 3. The van der Waals surface area contributed by atoms with Gasteiger partial charge in [-0.1, -0.05) is 32.4 Å². The van der Waals surface area contributed by atoms with Crippen molar-refractivity contribution in [3.63, 3.8) is 0 Å². The second kappa shape index (κ2) is 4.57. The van der Waals surface area contributed by atoms with Crippen LogP contribution in [0.5, 0.6) is 0 Å². The number of likely N-dealkylation sites (tertiary alicyclic amines) is 1. The van der Waals surface area contributed by atoms with Crippen molar-refractivity contribution in [1.29, 1.82) is 0 Å².